The van der Waals surface area contributed by atoms with Crippen LogP contribution in [-0.2, 0) is 9.47 Å². The highest BCUT2D eigenvalue weighted by atomic mass is 16.7. The Morgan fingerprint density at radius 2 is 1.50 bits per heavy atom. The van der Waals surface area contributed by atoms with E-state index in [1.54, 1.807) is 6.07 Å². The maximum absolute atomic E-state index is 11.9. The molecule has 2 aromatic carbocycles. The summed E-state index contributed by atoms with van der Waals surface area (Å²) in [5.41, 5.74) is 5.18. The number of carbonyl (C=O) groups is 1. The number of ether oxygens (including phenoxy) is 3. The molecule has 0 aliphatic heterocycles. The highest BCUT2D eigenvalue weighted by Crippen LogP contribution is 2.16. The standard InChI is InChI=1S/C20H24O4/c1-14-5-7-18(11-16(14)3)20(21)23-10-9-22-13-24-19-8-6-15(2)17(4)12-19/h5-8,11-12H,9-10,13H2,1-4H3. The summed E-state index contributed by atoms with van der Waals surface area (Å²) in [6.07, 6.45) is 0. The van der Waals surface area contributed by atoms with Gasteiger partial charge in [-0.3, -0.25) is 0 Å². The summed E-state index contributed by atoms with van der Waals surface area (Å²) in [5, 5.41) is 0. The summed E-state index contributed by atoms with van der Waals surface area (Å²) in [4.78, 5) is 11.9. The van der Waals surface area contributed by atoms with Crippen molar-refractivity contribution in [3.8, 4) is 5.75 Å². The monoisotopic (exact) mass is 328 g/mol. The molecule has 0 unspecified atom stereocenters. The minimum atomic E-state index is -0.336. The lowest BCUT2D eigenvalue weighted by Crippen LogP contribution is -2.13. The molecule has 0 amide bonds. The van der Waals surface area contributed by atoms with Gasteiger partial charge >= 0.3 is 5.97 Å². The summed E-state index contributed by atoms with van der Waals surface area (Å²) < 4.78 is 16.0. The molecule has 0 N–H and O–H groups in total. The Hall–Kier alpha value is -2.33. The van der Waals surface area contributed by atoms with Gasteiger partial charge in [0.15, 0.2) is 6.79 Å². The minimum Gasteiger partial charge on any atom is -0.468 e. The number of hydrogen-bond acceptors (Lipinski definition) is 4. The summed E-state index contributed by atoms with van der Waals surface area (Å²) in [7, 11) is 0. The molecule has 0 aromatic heterocycles. The van der Waals surface area contributed by atoms with E-state index in [1.165, 1.54) is 11.1 Å². The largest absolute Gasteiger partial charge is 0.468 e. The van der Waals surface area contributed by atoms with Crippen molar-refractivity contribution in [3.63, 3.8) is 0 Å². The smallest absolute Gasteiger partial charge is 0.338 e. The van der Waals surface area contributed by atoms with Crippen LogP contribution in [0.3, 0.4) is 0 Å². The van der Waals surface area contributed by atoms with Gasteiger partial charge in [-0.15, -0.1) is 0 Å². The molecule has 4 heteroatoms. The molecule has 0 saturated heterocycles. The predicted octanol–water partition coefficient (Wildman–Crippen LogP) is 4.13. The zero-order valence-corrected chi connectivity index (χ0v) is 14.7. The lowest BCUT2D eigenvalue weighted by Gasteiger charge is -2.10. The van der Waals surface area contributed by atoms with Crippen LogP contribution in [0.4, 0.5) is 0 Å². The first-order valence-electron chi connectivity index (χ1n) is 7.99. The molecule has 0 aliphatic rings. The Bertz CT molecular complexity index is 707. The van der Waals surface area contributed by atoms with E-state index in [0.29, 0.717) is 12.2 Å². The van der Waals surface area contributed by atoms with Crippen molar-refractivity contribution in [3.05, 3.63) is 64.2 Å². The number of carbonyl (C=O) groups excluding carboxylic acids is 1. The van der Waals surface area contributed by atoms with E-state index in [2.05, 4.69) is 6.92 Å². The van der Waals surface area contributed by atoms with E-state index < -0.39 is 0 Å². The highest BCUT2D eigenvalue weighted by Gasteiger charge is 2.07. The zero-order valence-electron chi connectivity index (χ0n) is 14.7. The molecular weight excluding hydrogens is 304 g/mol. The van der Waals surface area contributed by atoms with Crippen LogP contribution in [0.25, 0.3) is 0 Å². The normalized spacial score (nSPS) is 10.5. The molecule has 0 heterocycles. The van der Waals surface area contributed by atoms with Crippen molar-refractivity contribution in [1.82, 2.24) is 0 Å². The van der Waals surface area contributed by atoms with Crippen molar-refractivity contribution in [2.24, 2.45) is 0 Å². The molecule has 2 aromatic rings. The average molecular weight is 328 g/mol. The van der Waals surface area contributed by atoms with Gasteiger partial charge in [0.05, 0.1) is 12.2 Å². The van der Waals surface area contributed by atoms with E-state index in [9.17, 15) is 4.79 Å². The minimum absolute atomic E-state index is 0.129. The number of benzene rings is 2. The topological polar surface area (TPSA) is 44.8 Å². The molecule has 4 nitrogen and oxygen atoms in total. The molecule has 2 rings (SSSR count). The highest BCUT2D eigenvalue weighted by molar-refractivity contribution is 5.89. The van der Waals surface area contributed by atoms with Crippen LogP contribution in [0.15, 0.2) is 36.4 Å². The second-order valence-corrected chi connectivity index (χ2v) is 5.85. The second kappa shape index (κ2) is 8.50. The molecule has 0 aliphatic carbocycles. The molecular formula is C20H24O4. The van der Waals surface area contributed by atoms with Gasteiger partial charge < -0.3 is 14.2 Å². The molecule has 0 fully saturated rings. The third-order valence-electron chi connectivity index (χ3n) is 3.99. The van der Waals surface area contributed by atoms with E-state index in [0.717, 1.165) is 16.9 Å². The summed E-state index contributed by atoms with van der Waals surface area (Å²) in [5.74, 6) is 0.432. The quantitative estimate of drug-likeness (QED) is 0.435. The van der Waals surface area contributed by atoms with Crippen LogP contribution >= 0.6 is 0 Å². The van der Waals surface area contributed by atoms with Gasteiger partial charge in [-0.2, -0.15) is 0 Å². The van der Waals surface area contributed by atoms with Gasteiger partial charge in [0.2, 0.25) is 0 Å². The van der Waals surface area contributed by atoms with Gasteiger partial charge in [0.1, 0.15) is 12.4 Å². The van der Waals surface area contributed by atoms with E-state index in [4.69, 9.17) is 14.2 Å². The molecule has 0 radical (unpaired) electrons. The van der Waals surface area contributed by atoms with Gasteiger partial charge in [-0.25, -0.2) is 4.79 Å². The SMILES string of the molecule is Cc1ccc(OCOCCOC(=O)c2ccc(C)c(C)c2)cc1C. The van der Waals surface area contributed by atoms with Crippen molar-refractivity contribution in [2.75, 3.05) is 20.0 Å². The van der Waals surface area contributed by atoms with E-state index in [1.807, 2.05) is 51.1 Å². The van der Waals surface area contributed by atoms with Gasteiger partial charge in [-0.1, -0.05) is 12.1 Å². The molecule has 0 bridgehead atoms. The third-order valence-corrected chi connectivity index (χ3v) is 3.99. The molecule has 0 saturated carbocycles. The van der Waals surface area contributed by atoms with Crippen molar-refractivity contribution in [2.45, 2.75) is 27.7 Å². The van der Waals surface area contributed by atoms with Gasteiger partial charge in [0, 0.05) is 0 Å². The van der Waals surface area contributed by atoms with Gasteiger partial charge in [-0.05, 0) is 74.2 Å². The van der Waals surface area contributed by atoms with Crippen LogP contribution in [0, 0.1) is 27.7 Å². The lowest BCUT2D eigenvalue weighted by atomic mass is 10.1. The van der Waals surface area contributed by atoms with E-state index in [-0.39, 0.29) is 19.4 Å². The zero-order chi connectivity index (χ0) is 17.5. The summed E-state index contributed by atoms with van der Waals surface area (Å²) in [6.45, 7) is 8.69. The Labute approximate surface area is 143 Å². The average Bonchev–Trinajstić information content (AvgIpc) is 2.56. The fraction of sp³-hybridized carbons (Fsp3) is 0.350. The number of esters is 1. The Morgan fingerprint density at radius 1 is 0.833 bits per heavy atom. The number of aryl methyl sites for hydroxylation is 4. The maximum Gasteiger partial charge on any atom is 0.338 e. The second-order valence-electron chi connectivity index (χ2n) is 5.85. The fourth-order valence-electron chi connectivity index (χ4n) is 2.12. The van der Waals surface area contributed by atoms with Crippen molar-refractivity contribution < 1.29 is 19.0 Å². The first kappa shape index (κ1) is 18.0. The third kappa shape index (κ3) is 5.10. The maximum atomic E-state index is 11.9. The Balaban J connectivity index is 1.66. The number of hydrogen-bond donors (Lipinski definition) is 0. The Morgan fingerprint density at radius 3 is 2.17 bits per heavy atom. The first-order valence-corrected chi connectivity index (χ1v) is 7.99. The van der Waals surface area contributed by atoms with Crippen molar-refractivity contribution in [1.29, 1.82) is 0 Å². The number of rotatable bonds is 7. The Kier molecular flexibility index (Phi) is 6.38. The van der Waals surface area contributed by atoms with Gasteiger partial charge in [0.25, 0.3) is 0 Å². The van der Waals surface area contributed by atoms with E-state index >= 15 is 0 Å². The molecule has 128 valence electrons. The summed E-state index contributed by atoms with van der Waals surface area (Å²) in [6, 6.07) is 11.4. The lowest BCUT2D eigenvalue weighted by molar-refractivity contribution is -0.0116. The predicted molar refractivity (Wildman–Crippen MR) is 93.6 cm³/mol. The van der Waals surface area contributed by atoms with Crippen LogP contribution in [0.2, 0.25) is 0 Å². The fourth-order valence-corrected chi connectivity index (χ4v) is 2.12. The van der Waals surface area contributed by atoms with Crippen LogP contribution < -0.4 is 4.74 Å². The molecule has 0 atom stereocenters. The van der Waals surface area contributed by atoms with Crippen LogP contribution in [0.1, 0.15) is 32.6 Å². The van der Waals surface area contributed by atoms with Crippen molar-refractivity contribution >= 4 is 5.97 Å². The first-order chi connectivity index (χ1) is 11.5. The molecule has 24 heavy (non-hydrogen) atoms. The molecule has 0 spiro atoms. The van der Waals surface area contributed by atoms with Crippen LogP contribution in [-0.4, -0.2) is 26.0 Å². The summed E-state index contributed by atoms with van der Waals surface area (Å²) >= 11 is 0. The van der Waals surface area contributed by atoms with Crippen LogP contribution in [0.5, 0.6) is 5.75 Å².